The van der Waals surface area contributed by atoms with Crippen molar-refractivity contribution in [1.82, 2.24) is 5.32 Å². The second kappa shape index (κ2) is 3.67. The van der Waals surface area contributed by atoms with Crippen molar-refractivity contribution in [2.45, 2.75) is 26.2 Å². The molecule has 0 aliphatic carbocycles. The minimum Gasteiger partial charge on any atom is -0.316 e. The Kier molecular flexibility index (Phi) is 2.78. The van der Waals surface area contributed by atoms with Gasteiger partial charge < -0.3 is 5.32 Å². The summed E-state index contributed by atoms with van der Waals surface area (Å²) >= 11 is 0. The van der Waals surface area contributed by atoms with Gasteiger partial charge in [0.25, 0.3) is 0 Å². The van der Waals surface area contributed by atoms with Crippen molar-refractivity contribution >= 4 is 0 Å². The fraction of sp³-hybridized carbons (Fsp3) is 0.750. The van der Waals surface area contributed by atoms with Gasteiger partial charge in [-0.05, 0) is 39.3 Å². The Balaban J connectivity index is 2.32. The Morgan fingerprint density at radius 2 is 2.33 bits per heavy atom. The van der Waals surface area contributed by atoms with E-state index in [0.717, 1.165) is 0 Å². The van der Waals surface area contributed by atoms with Crippen molar-refractivity contribution in [2.24, 2.45) is 0 Å². The smallest absolute Gasteiger partial charge is 0.00117 e. The van der Waals surface area contributed by atoms with Crippen molar-refractivity contribution < 1.29 is 0 Å². The van der Waals surface area contributed by atoms with Crippen LogP contribution in [-0.4, -0.2) is 13.1 Å². The zero-order valence-corrected chi connectivity index (χ0v) is 6.11. The van der Waals surface area contributed by atoms with Crippen LogP contribution in [0.3, 0.4) is 0 Å². The quantitative estimate of drug-likeness (QED) is 0.486. The normalized spacial score (nSPS) is 22.1. The molecule has 0 aromatic heterocycles. The van der Waals surface area contributed by atoms with Crippen molar-refractivity contribution in [3.05, 3.63) is 11.6 Å². The van der Waals surface area contributed by atoms with E-state index in [-0.39, 0.29) is 0 Å². The monoisotopic (exact) mass is 125 g/mol. The fourth-order valence-corrected chi connectivity index (χ4v) is 1.09. The highest BCUT2D eigenvalue weighted by Crippen LogP contribution is 2.04. The molecule has 1 aliphatic heterocycles. The lowest BCUT2D eigenvalue weighted by atomic mass is 10.1. The molecule has 1 N–H and O–H groups in total. The van der Waals surface area contributed by atoms with E-state index in [1.165, 1.54) is 32.4 Å². The van der Waals surface area contributed by atoms with E-state index >= 15 is 0 Å². The highest BCUT2D eigenvalue weighted by atomic mass is 14.8. The maximum Gasteiger partial charge on any atom is -0.00117 e. The average molecular weight is 125 g/mol. The van der Waals surface area contributed by atoms with E-state index in [2.05, 4.69) is 18.3 Å². The summed E-state index contributed by atoms with van der Waals surface area (Å²) in [7, 11) is 0. The molecular formula is C8H15N. The zero-order chi connectivity index (χ0) is 6.53. The minimum atomic E-state index is 1.17. The Hall–Kier alpha value is -0.300. The molecule has 0 saturated carbocycles. The summed E-state index contributed by atoms with van der Waals surface area (Å²) in [6, 6.07) is 0. The SMILES string of the molecule is CC1=CCCCNCC1. The summed E-state index contributed by atoms with van der Waals surface area (Å²) in [5.41, 5.74) is 1.54. The Morgan fingerprint density at radius 3 is 3.22 bits per heavy atom. The van der Waals surface area contributed by atoms with Crippen LogP contribution in [-0.2, 0) is 0 Å². The second-order valence-electron chi connectivity index (χ2n) is 2.69. The summed E-state index contributed by atoms with van der Waals surface area (Å²) in [5, 5.41) is 3.38. The lowest BCUT2D eigenvalue weighted by molar-refractivity contribution is 0.633. The van der Waals surface area contributed by atoms with E-state index < -0.39 is 0 Å². The van der Waals surface area contributed by atoms with E-state index in [9.17, 15) is 0 Å². The molecule has 0 amide bonds. The van der Waals surface area contributed by atoms with E-state index in [4.69, 9.17) is 0 Å². The molecule has 0 radical (unpaired) electrons. The largest absolute Gasteiger partial charge is 0.316 e. The van der Waals surface area contributed by atoms with Gasteiger partial charge in [0, 0.05) is 0 Å². The van der Waals surface area contributed by atoms with Crippen LogP contribution in [0.5, 0.6) is 0 Å². The van der Waals surface area contributed by atoms with Crippen molar-refractivity contribution in [3.8, 4) is 0 Å². The molecule has 0 atom stereocenters. The molecule has 0 unspecified atom stereocenters. The average Bonchev–Trinajstić information content (AvgIpc) is 1.79. The lowest BCUT2D eigenvalue weighted by Crippen LogP contribution is -2.18. The first-order valence-corrected chi connectivity index (χ1v) is 3.76. The molecule has 0 spiro atoms. The third-order valence-electron chi connectivity index (χ3n) is 1.75. The van der Waals surface area contributed by atoms with Crippen molar-refractivity contribution in [2.75, 3.05) is 13.1 Å². The van der Waals surface area contributed by atoms with Gasteiger partial charge in [-0.2, -0.15) is 0 Å². The van der Waals surface area contributed by atoms with Gasteiger partial charge in [-0.15, -0.1) is 0 Å². The zero-order valence-electron chi connectivity index (χ0n) is 6.11. The summed E-state index contributed by atoms with van der Waals surface area (Å²) in [6.45, 7) is 4.58. The number of hydrogen-bond donors (Lipinski definition) is 1. The summed E-state index contributed by atoms with van der Waals surface area (Å²) in [4.78, 5) is 0. The number of allylic oxidation sites excluding steroid dienone is 1. The van der Waals surface area contributed by atoms with Crippen LogP contribution >= 0.6 is 0 Å². The first-order chi connectivity index (χ1) is 4.39. The molecule has 52 valence electrons. The molecule has 1 heterocycles. The highest BCUT2D eigenvalue weighted by molar-refractivity contribution is 4.99. The van der Waals surface area contributed by atoms with Crippen LogP contribution in [0.15, 0.2) is 11.6 Å². The van der Waals surface area contributed by atoms with Crippen LogP contribution in [0.2, 0.25) is 0 Å². The minimum absolute atomic E-state index is 1.17. The third kappa shape index (κ3) is 2.66. The molecule has 9 heavy (non-hydrogen) atoms. The van der Waals surface area contributed by atoms with Crippen LogP contribution in [0.1, 0.15) is 26.2 Å². The molecule has 0 aromatic rings. The standard InChI is InChI=1S/C8H15N/c1-8-4-2-3-6-9-7-5-8/h4,9H,2-3,5-7H2,1H3. The van der Waals surface area contributed by atoms with Crippen LogP contribution in [0.25, 0.3) is 0 Å². The van der Waals surface area contributed by atoms with Crippen LogP contribution in [0.4, 0.5) is 0 Å². The number of hydrogen-bond acceptors (Lipinski definition) is 1. The predicted octanol–water partition coefficient (Wildman–Crippen LogP) is 1.71. The molecule has 0 fully saturated rings. The molecular weight excluding hydrogens is 110 g/mol. The van der Waals surface area contributed by atoms with Crippen LogP contribution < -0.4 is 5.32 Å². The van der Waals surface area contributed by atoms with Crippen molar-refractivity contribution in [3.63, 3.8) is 0 Å². The van der Waals surface area contributed by atoms with Gasteiger partial charge in [-0.1, -0.05) is 11.6 Å². The first-order valence-electron chi connectivity index (χ1n) is 3.76. The first kappa shape index (κ1) is 6.81. The predicted molar refractivity (Wildman–Crippen MR) is 40.5 cm³/mol. The molecule has 1 nitrogen and oxygen atoms in total. The number of nitrogens with one attached hydrogen (secondary N) is 1. The maximum absolute atomic E-state index is 3.38. The second-order valence-corrected chi connectivity index (χ2v) is 2.69. The van der Waals surface area contributed by atoms with Crippen LogP contribution in [0, 0.1) is 0 Å². The van der Waals surface area contributed by atoms with Gasteiger partial charge in [-0.3, -0.25) is 0 Å². The van der Waals surface area contributed by atoms with E-state index in [1.54, 1.807) is 5.57 Å². The summed E-state index contributed by atoms with van der Waals surface area (Å²) in [5.74, 6) is 0. The Morgan fingerprint density at radius 1 is 1.44 bits per heavy atom. The van der Waals surface area contributed by atoms with Gasteiger partial charge in [0.05, 0.1) is 0 Å². The molecule has 0 bridgehead atoms. The van der Waals surface area contributed by atoms with Crippen molar-refractivity contribution in [1.29, 1.82) is 0 Å². The molecule has 0 aromatic carbocycles. The maximum atomic E-state index is 3.38. The number of rotatable bonds is 0. The van der Waals surface area contributed by atoms with Gasteiger partial charge in [0.15, 0.2) is 0 Å². The van der Waals surface area contributed by atoms with Gasteiger partial charge >= 0.3 is 0 Å². The van der Waals surface area contributed by atoms with Gasteiger partial charge in [-0.25, -0.2) is 0 Å². The van der Waals surface area contributed by atoms with E-state index in [1.807, 2.05) is 0 Å². The summed E-state index contributed by atoms with van der Waals surface area (Å²) < 4.78 is 0. The van der Waals surface area contributed by atoms with E-state index in [0.29, 0.717) is 0 Å². The Labute approximate surface area is 57.1 Å². The molecule has 1 aliphatic rings. The lowest BCUT2D eigenvalue weighted by Gasteiger charge is -2.07. The molecule has 1 heteroatoms. The fourth-order valence-electron chi connectivity index (χ4n) is 1.09. The third-order valence-corrected chi connectivity index (χ3v) is 1.75. The summed E-state index contributed by atoms with van der Waals surface area (Å²) in [6.07, 6.45) is 6.16. The van der Waals surface area contributed by atoms with Gasteiger partial charge in [0.1, 0.15) is 0 Å². The molecule has 0 saturated heterocycles. The molecule has 1 rings (SSSR count). The Bertz CT molecular complexity index is 105. The topological polar surface area (TPSA) is 12.0 Å². The van der Waals surface area contributed by atoms with Gasteiger partial charge in [0.2, 0.25) is 0 Å². The highest BCUT2D eigenvalue weighted by Gasteiger charge is 1.94.